The Labute approximate surface area is 172 Å². The number of halogens is 1. The molecule has 6 heteroatoms. The minimum Gasteiger partial charge on any atom is -0.340 e. The van der Waals surface area contributed by atoms with Crippen LogP contribution in [0.15, 0.2) is 73.1 Å². The van der Waals surface area contributed by atoms with E-state index in [-0.39, 0.29) is 5.82 Å². The van der Waals surface area contributed by atoms with Crippen molar-refractivity contribution in [2.75, 3.05) is 0 Å². The highest BCUT2D eigenvalue weighted by Gasteiger charge is 2.17. The number of nitrogens with zero attached hydrogens (tertiary/aromatic N) is 4. The molecule has 0 atom stereocenters. The third kappa shape index (κ3) is 3.43. The summed E-state index contributed by atoms with van der Waals surface area (Å²) < 4.78 is 14.2. The number of imidazole rings is 1. The summed E-state index contributed by atoms with van der Waals surface area (Å²) in [5.41, 5.74) is 6.35. The molecule has 0 unspecified atom stereocenters. The summed E-state index contributed by atoms with van der Waals surface area (Å²) in [5.74, 6) is 0.430. The molecule has 0 aliphatic rings. The van der Waals surface area contributed by atoms with Gasteiger partial charge in [0.25, 0.3) is 0 Å². The lowest BCUT2D eigenvalue weighted by Gasteiger charge is -2.04. The van der Waals surface area contributed by atoms with Gasteiger partial charge in [-0.15, -0.1) is 0 Å². The highest BCUT2D eigenvalue weighted by atomic mass is 19.1. The molecule has 0 aliphatic carbocycles. The van der Waals surface area contributed by atoms with Gasteiger partial charge in [0.15, 0.2) is 0 Å². The lowest BCUT2D eigenvalue weighted by Crippen LogP contribution is -1.94. The molecule has 0 spiro atoms. The molecular weight excluding hydrogens is 377 g/mol. The lowest BCUT2D eigenvalue weighted by atomic mass is 10.1. The van der Waals surface area contributed by atoms with Crippen molar-refractivity contribution in [1.29, 1.82) is 0 Å². The van der Waals surface area contributed by atoms with E-state index in [1.54, 1.807) is 24.5 Å². The van der Waals surface area contributed by atoms with Crippen molar-refractivity contribution < 1.29 is 4.39 Å². The van der Waals surface area contributed by atoms with Gasteiger partial charge in [0.1, 0.15) is 11.6 Å². The van der Waals surface area contributed by atoms with Crippen molar-refractivity contribution in [1.82, 2.24) is 24.9 Å². The van der Waals surface area contributed by atoms with Crippen LogP contribution >= 0.6 is 0 Å². The molecule has 0 amide bonds. The van der Waals surface area contributed by atoms with Gasteiger partial charge in [0.05, 0.1) is 28.1 Å². The molecule has 0 saturated carbocycles. The summed E-state index contributed by atoms with van der Waals surface area (Å²) >= 11 is 0. The third-order valence-corrected chi connectivity index (χ3v) is 4.96. The van der Waals surface area contributed by atoms with Crippen LogP contribution in [0.2, 0.25) is 0 Å². The molecule has 0 bridgehead atoms. The van der Waals surface area contributed by atoms with Crippen molar-refractivity contribution in [2.24, 2.45) is 0 Å². The maximum absolute atomic E-state index is 14.2. The molecule has 0 radical (unpaired) electrons. The van der Waals surface area contributed by atoms with Gasteiger partial charge in [0.2, 0.25) is 0 Å². The van der Waals surface area contributed by atoms with Crippen LogP contribution in [0.25, 0.3) is 33.7 Å². The Morgan fingerprint density at radius 3 is 2.53 bits per heavy atom. The Kier molecular flexibility index (Phi) is 4.52. The van der Waals surface area contributed by atoms with Gasteiger partial charge in [-0.2, -0.15) is 0 Å². The molecule has 3 heterocycles. The standard InChI is InChI=1S/C24H18FN5/c1-15-5-4-8-20(28-15)24-23(17-9-10-19-21(13-17)27-12-11-26-19)29-22(30-24)14-16-6-2-3-7-18(16)25/h2-13H,14H2,1H3,(H,29,30). The first-order chi connectivity index (χ1) is 14.7. The highest BCUT2D eigenvalue weighted by Crippen LogP contribution is 2.31. The van der Waals surface area contributed by atoms with E-state index in [4.69, 9.17) is 4.98 Å². The lowest BCUT2D eigenvalue weighted by molar-refractivity contribution is 0.612. The van der Waals surface area contributed by atoms with Crippen molar-refractivity contribution in [3.8, 4) is 22.6 Å². The SMILES string of the molecule is Cc1cccc(-c2[nH]c(Cc3ccccc3F)nc2-c2ccc3nccnc3c2)n1. The fourth-order valence-corrected chi connectivity index (χ4v) is 3.52. The highest BCUT2D eigenvalue weighted by molar-refractivity contribution is 5.84. The molecule has 146 valence electrons. The van der Waals surface area contributed by atoms with Gasteiger partial charge in [-0.25, -0.2) is 9.37 Å². The zero-order valence-corrected chi connectivity index (χ0v) is 16.3. The van der Waals surface area contributed by atoms with Crippen LogP contribution in [0, 0.1) is 12.7 Å². The molecule has 30 heavy (non-hydrogen) atoms. The number of aromatic amines is 1. The van der Waals surface area contributed by atoms with E-state index in [0.717, 1.165) is 39.4 Å². The van der Waals surface area contributed by atoms with E-state index in [1.165, 1.54) is 6.07 Å². The van der Waals surface area contributed by atoms with E-state index < -0.39 is 0 Å². The van der Waals surface area contributed by atoms with Crippen LogP contribution in [0.3, 0.4) is 0 Å². The smallest absolute Gasteiger partial charge is 0.126 e. The average molecular weight is 395 g/mol. The van der Waals surface area contributed by atoms with Gasteiger partial charge < -0.3 is 4.98 Å². The zero-order chi connectivity index (χ0) is 20.5. The van der Waals surface area contributed by atoms with Gasteiger partial charge in [-0.3, -0.25) is 15.0 Å². The minimum absolute atomic E-state index is 0.244. The number of hydrogen-bond acceptors (Lipinski definition) is 4. The van der Waals surface area contributed by atoms with Crippen LogP contribution in [-0.2, 0) is 6.42 Å². The molecule has 0 aliphatic heterocycles. The van der Waals surface area contributed by atoms with Crippen LogP contribution in [0.1, 0.15) is 17.1 Å². The first kappa shape index (κ1) is 18.1. The summed E-state index contributed by atoms with van der Waals surface area (Å²) in [5, 5.41) is 0. The van der Waals surface area contributed by atoms with E-state index in [9.17, 15) is 4.39 Å². The maximum atomic E-state index is 14.2. The number of pyridine rings is 1. The summed E-state index contributed by atoms with van der Waals surface area (Å²) in [4.78, 5) is 21.6. The van der Waals surface area contributed by atoms with Crippen molar-refractivity contribution in [3.05, 3.63) is 96.0 Å². The van der Waals surface area contributed by atoms with Gasteiger partial charge >= 0.3 is 0 Å². The number of aryl methyl sites for hydroxylation is 1. The topological polar surface area (TPSA) is 67.3 Å². The van der Waals surface area contributed by atoms with Crippen molar-refractivity contribution in [2.45, 2.75) is 13.3 Å². The van der Waals surface area contributed by atoms with Gasteiger partial charge in [-0.1, -0.05) is 30.3 Å². The van der Waals surface area contributed by atoms with Crippen molar-refractivity contribution >= 4 is 11.0 Å². The number of fused-ring (bicyclic) bond motifs is 1. The number of aromatic nitrogens is 5. The summed E-state index contributed by atoms with van der Waals surface area (Å²) in [7, 11) is 0. The molecule has 2 aromatic carbocycles. The monoisotopic (exact) mass is 395 g/mol. The molecule has 5 nitrogen and oxygen atoms in total. The predicted molar refractivity (Wildman–Crippen MR) is 114 cm³/mol. The van der Waals surface area contributed by atoms with Gasteiger partial charge in [-0.05, 0) is 42.8 Å². The minimum atomic E-state index is -0.244. The number of H-pyrrole nitrogens is 1. The maximum Gasteiger partial charge on any atom is 0.126 e. The third-order valence-electron chi connectivity index (χ3n) is 4.96. The fraction of sp³-hybridized carbons (Fsp3) is 0.0833. The van der Waals surface area contributed by atoms with Crippen LogP contribution < -0.4 is 0 Å². The number of rotatable bonds is 4. The van der Waals surface area contributed by atoms with E-state index in [0.29, 0.717) is 17.8 Å². The van der Waals surface area contributed by atoms with E-state index in [2.05, 4.69) is 19.9 Å². The van der Waals surface area contributed by atoms with E-state index >= 15 is 0 Å². The quantitative estimate of drug-likeness (QED) is 0.459. The first-order valence-electron chi connectivity index (χ1n) is 9.65. The van der Waals surface area contributed by atoms with E-state index in [1.807, 2.05) is 49.4 Å². The second-order valence-corrected chi connectivity index (χ2v) is 7.10. The molecule has 1 N–H and O–H groups in total. The molecule has 0 fully saturated rings. The Morgan fingerprint density at radius 2 is 1.70 bits per heavy atom. The largest absolute Gasteiger partial charge is 0.340 e. The average Bonchev–Trinajstić information content (AvgIpc) is 3.19. The molecule has 0 saturated heterocycles. The molecule has 3 aromatic heterocycles. The van der Waals surface area contributed by atoms with Gasteiger partial charge in [0, 0.05) is 30.1 Å². The molecular formula is C24H18FN5. The van der Waals surface area contributed by atoms with Crippen LogP contribution in [0.4, 0.5) is 4.39 Å². The second kappa shape index (κ2) is 7.48. The zero-order valence-electron chi connectivity index (χ0n) is 16.3. The Hall–Kier alpha value is -3.93. The van der Waals surface area contributed by atoms with Crippen molar-refractivity contribution in [3.63, 3.8) is 0 Å². The Bertz CT molecular complexity index is 1360. The number of nitrogens with one attached hydrogen (secondary N) is 1. The van der Waals surface area contributed by atoms with Crippen LogP contribution in [0.5, 0.6) is 0 Å². The predicted octanol–water partition coefficient (Wildman–Crippen LogP) is 5.12. The normalized spacial score (nSPS) is 11.1. The Morgan fingerprint density at radius 1 is 0.867 bits per heavy atom. The number of benzene rings is 2. The molecule has 5 rings (SSSR count). The number of hydrogen-bond donors (Lipinski definition) is 1. The summed E-state index contributed by atoms with van der Waals surface area (Å²) in [6.45, 7) is 1.95. The first-order valence-corrected chi connectivity index (χ1v) is 9.65. The molecule has 5 aromatic rings. The van der Waals surface area contributed by atoms with Crippen LogP contribution in [-0.4, -0.2) is 24.9 Å². The fourth-order valence-electron chi connectivity index (χ4n) is 3.52. The Balaban J connectivity index is 1.65. The summed E-state index contributed by atoms with van der Waals surface area (Å²) in [6.07, 6.45) is 3.70. The summed E-state index contributed by atoms with van der Waals surface area (Å²) in [6, 6.07) is 18.5. The second-order valence-electron chi connectivity index (χ2n) is 7.10.